The third kappa shape index (κ3) is 5.31. The summed E-state index contributed by atoms with van der Waals surface area (Å²) in [5.41, 5.74) is 3.65. The van der Waals surface area contributed by atoms with E-state index in [4.69, 9.17) is 36.0 Å². The van der Waals surface area contributed by atoms with Gasteiger partial charge in [0.25, 0.3) is 0 Å². The third-order valence-corrected chi connectivity index (χ3v) is 7.97. The van der Waals surface area contributed by atoms with E-state index in [0.717, 1.165) is 50.4 Å². The van der Waals surface area contributed by atoms with Gasteiger partial charge in [-0.3, -0.25) is 0 Å². The minimum absolute atomic E-state index is 0.188. The lowest BCUT2D eigenvalue weighted by Gasteiger charge is -2.41. The average Bonchev–Trinajstić information content (AvgIpc) is 3.06. The van der Waals surface area contributed by atoms with Gasteiger partial charge in [-0.2, -0.15) is 4.98 Å². The van der Waals surface area contributed by atoms with Crippen molar-refractivity contribution in [3.63, 3.8) is 0 Å². The molecule has 0 fully saturated rings. The van der Waals surface area contributed by atoms with Crippen LogP contribution in [-0.2, 0) is 5.88 Å². The van der Waals surface area contributed by atoms with Crippen molar-refractivity contribution >= 4 is 50.7 Å². The standard InChI is InChI=1S/C34H32ClN6O2/c1-22-36-30-12-8-6-10-28(30)34(37-22)41(2,24-15-19-26(43-4)20-16-24)33(23-13-17-25(42-3)18-14-23)40-32-27-9-5-7-11-29(27)38-31(21-35)39-32/h5-20,33H,21H2,1-4H3,(H,38,39,40)/q+1. The van der Waals surface area contributed by atoms with Gasteiger partial charge in [-0.15, -0.1) is 11.6 Å². The zero-order valence-electron chi connectivity index (χ0n) is 24.5. The molecule has 0 spiro atoms. The van der Waals surface area contributed by atoms with E-state index < -0.39 is 6.17 Å². The summed E-state index contributed by atoms with van der Waals surface area (Å²) in [6, 6.07) is 32.2. The predicted molar refractivity (Wildman–Crippen MR) is 173 cm³/mol. The van der Waals surface area contributed by atoms with Crippen LogP contribution in [0.4, 0.5) is 17.3 Å². The van der Waals surface area contributed by atoms with Gasteiger partial charge in [0.1, 0.15) is 34.7 Å². The first-order valence-electron chi connectivity index (χ1n) is 13.9. The average molecular weight is 592 g/mol. The second-order valence-electron chi connectivity index (χ2n) is 10.3. The van der Waals surface area contributed by atoms with E-state index in [1.807, 2.05) is 73.7 Å². The Morgan fingerprint density at radius 3 is 1.93 bits per heavy atom. The van der Waals surface area contributed by atoms with Crippen LogP contribution >= 0.6 is 11.6 Å². The molecule has 6 aromatic rings. The van der Waals surface area contributed by atoms with Crippen LogP contribution in [0.15, 0.2) is 97.1 Å². The molecule has 4 aromatic carbocycles. The number of rotatable bonds is 9. The Labute approximate surface area is 255 Å². The van der Waals surface area contributed by atoms with Crippen molar-refractivity contribution in [1.82, 2.24) is 24.4 Å². The van der Waals surface area contributed by atoms with Crippen LogP contribution in [0.25, 0.3) is 21.8 Å². The zero-order chi connectivity index (χ0) is 30.0. The molecule has 0 aliphatic rings. The molecular weight excluding hydrogens is 560 g/mol. The molecule has 2 atom stereocenters. The Balaban J connectivity index is 1.67. The highest BCUT2D eigenvalue weighted by atomic mass is 35.5. The molecule has 0 aliphatic heterocycles. The SMILES string of the molecule is COc1ccc(C(Nc2nc(CCl)nc3ccccc23)[N+](C)(c2ccc(OC)cc2)c2nc(C)nc3ccccc23)cc1. The van der Waals surface area contributed by atoms with E-state index in [1.165, 1.54) is 0 Å². The molecule has 6 rings (SSSR count). The molecule has 0 bridgehead atoms. The molecule has 0 saturated carbocycles. The summed E-state index contributed by atoms with van der Waals surface area (Å²) in [7, 11) is 5.49. The quantitative estimate of drug-likeness (QED) is 0.105. The van der Waals surface area contributed by atoms with Gasteiger partial charge < -0.3 is 14.8 Å². The molecule has 0 aliphatic carbocycles. The van der Waals surface area contributed by atoms with E-state index in [2.05, 4.69) is 47.7 Å². The molecule has 43 heavy (non-hydrogen) atoms. The van der Waals surface area contributed by atoms with Gasteiger partial charge in [0.2, 0.25) is 12.0 Å². The molecule has 0 saturated heterocycles. The van der Waals surface area contributed by atoms with Crippen LogP contribution in [-0.4, -0.2) is 41.2 Å². The van der Waals surface area contributed by atoms with Crippen molar-refractivity contribution < 1.29 is 9.47 Å². The van der Waals surface area contributed by atoms with E-state index in [-0.39, 0.29) is 10.4 Å². The number of fused-ring (bicyclic) bond motifs is 2. The van der Waals surface area contributed by atoms with Crippen molar-refractivity contribution in [2.45, 2.75) is 19.0 Å². The lowest BCUT2D eigenvalue weighted by Crippen LogP contribution is -2.48. The second-order valence-corrected chi connectivity index (χ2v) is 10.6. The number of hydrogen-bond acceptors (Lipinski definition) is 7. The van der Waals surface area contributed by atoms with Gasteiger partial charge in [-0.25, -0.2) is 19.4 Å². The third-order valence-electron chi connectivity index (χ3n) is 7.73. The highest BCUT2D eigenvalue weighted by molar-refractivity contribution is 6.16. The highest BCUT2D eigenvalue weighted by Gasteiger charge is 2.42. The summed E-state index contributed by atoms with van der Waals surface area (Å²) in [5.74, 6) is 4.44. The van der Waals surface area contributed by atoms with Crippen molar-refractivity contribution in [3.05, 3.63) is 114 Å². The first-order valence-corrected chi connectivity index (χ1v) is 14.4. The van der Waals surface area contributed by atoms with Crippen molar-refractivity contribution in [2.75, 3.05) is 26.6 Å². The van der Waals surface area contributed by atoms with Gasteiger partial charge >= 0.3 is 0 Å². The zero-order valence-corrected chi connectivity index (χ0v) is 25.2. The maximum Gasteiger partial charge on any atom is 0.245 e. The Bertz CT molecular complexity index is 1900. The first kappa shape index (κ1) is 28.3. The Hall–Kier alpha value is -4.79. The number of ether oxygens (including phenoxy) is 2. The van der Waals surface area contributed by atoms with Gasteiger partial charge in [0.05, 0.1) is 43.6 Å². The monoisotopic (exact) mass is 591 g/mol. The van der Waals surface area contributed by atoms with Crippen molar-refractivity contribution in [3.8, 4) is 11.5 Å². The molecular formula is C34H32ClN6O2+. The number of nitrogens with zero attached hydrogens (tertiary/aromatic N) is 5. The fourth-order valence-electron chi connectivity index (χ4n) is 5.53. The highest BCUT2D eigenvalue weighted by Crippen LogP contribution is 2.45. The number of nitrogens with one attached hydrogen (secondary N) is 1. The second kappa shape index (κ2) is 11.8. The van der Waals surface area contributed by atoms with E-state index >= 15 is 0 Å². The first-order chi connectivity index (χ1) is 20.9. The number of aryl methyl sites for hydroxylation is 1. The molecule has 0 amide bonds. The van der Waals surface area contributed by atoms with Crippen LogP contribution in [0.2, 0.25) is 0 Å². The number of methoxy groups -OCH3 is 2. The number of halogens is 1. The number of anilines is 1. The summed E-state index contributed by atoms with van der Waals surface area (Å²) < 4.78 is 11.3. The van der Waals surface area contributed by atoms with Gasteiger partial charge in [0, 0.05) is 23.1 Å². The summed E-state index contributed by atoms with van der Waals surface area (Å²) in [4.78, 5) is 19.4. The number of hydrogen-bond donors (Lipinski definition) is 1. The van der Waals surface area contributed by atoms with Gasteiger partial charge in [-0.1, -0.05) is 24.3 Å². The molecule has 9 heteroatoms. The topological polar surface area (TPSA) is 82.0 Å². The predicted octanol–water partition coefficient (Wildman–Crippen LogP) is 7.72. The minimum atomic E-state index is -0.418. The molecule has 0 radical (unpaired) electrons. The molecule has 2 heterocycles. The number of aromatic nitrogens is 4. The van der Waals surface area contributed by atoms with Gasteiger partial charge in [0.15, 0.2) is 0 Å². The maximum atomic E-state index is 6.28. The number of quaternary nitrogens is 1. The van der Waals surface area contributed by atoms with Crippen LogP contribution in [0.1, 0.15) is 23.4 Å². The van der Waals surface area contributed by atoms with Crippen LogP contribution in [0, 0.1) is 6.92 Å². The lowest BCUT2D eigenvalue weighted by atomic mass is 10.0. The number of benzene rings is 4. The van der Waals surface area contributed by atoms with E-state index in [1.54, 1.807) is 14.2 Å². The van der Waals surface area contributed by atoms with E-state index in [9.17, 15) is 0 Å². The van der Waals surface area contributed by atoms with Crippen LogP contribution in [0.5, 0.6) is 11.5 Å². The number of para-hydroxylation sites is 2. The molecule has 1 N–H and O–H groups in total. The summed E-state index contributed by atoms with van der Waals surface area (Å²) in [6.45, 7) is 1.93. The fraction of sp³-hybridized carbons (Fsp3) is 0.176. The Morgan fingerprint density at radius 1 is 0.721 bits per heavy atom. The van der Waals surface area contributed by atoms with Crippen molar-refractivity contribution in [1.29, 1.82) is 0 Å². The van der Waals surface area contributed by atoms with Gasteiger partial charge in [-0.05, 0) is 67.6 Å². The largest absolute Gasteiger partial charge is 0.497 e. The van der Waals surface area contributed by atoms with Crippen LogP contribution in [0.3, 0.4) is 0 Å². The Kier molecular flexibility index (Phi) is 7.80. The number of alkyl halides is 1. The molecule has 8 nitrogen and oxygen atoms in total. The molecule has 2 aromatic heterocycles. The van der Waals surface area contributed by atoms with E-state index in [0.29, 0.717) is 17.5 Å². The lowest BCUT2D eigenvalue weighted by molar-refractivity contribution is 0.365. The van der Waals surface area contributed by atoms with Crippen LogP contribution < -0.4 is 19.3 Å². The summed E-state index contributed by atoms with van der Waals surface area (Å²) >= 11 is 6.28. The fourth-order valence-corrected chi connectivity index (χ4v) is 5.65. The summed E-state index contributed by atoms with van der Waals surface area (Å²) in [5, 5.41) is 5.66. The normalized spacial score (nSPS) is 13.4. The molecule has 2 unspecified atom stereocenters. The molecule has 216 valence electrons. The smallest absolute Gasteiger partial charge is 0.245 e. The maximum absolute atomic E-state index is 6.28. The Morgan fingerprint density at radius 2 is 1.30 bits per heavy atom. The van der Waals surface area contributed by atoms with Crippen molar-refractivity contribution in [2.24, 2.45) is 0 Å². The summed E-state index contributed by atoms with van der Waals surface area (Å²) in [6.07, 6.45) is -0.418. The minimum Gasteiger partial charge on any atom is -0.497 e.